The smallest absolute Gasteiger partial charge is 0.223 e. The fourth-order valence-corrected chi connectivity index (χ4v) is 2.06. The third-order valence-corrected chi connectivity index (χ3v) is 3.66. The molecule has 2 rings (SSSR count). The maximum absolute atomic E-state index is 12.8. The molecule has 0 radical (unpaired) electrons. The van der Waals surface area contributed by atoms with Crippen LogP contribution < -0.4 is 10.6 Å². The largest absolute Gasteiger partial charge is 0.349 e. The second-order valence-corrected chi connectivity index (χ2v) is 4.99. The number of rotatable bonds is 4. The number of halogens is 1. The van der Waals surface area contributed by atoms with E-state index in [0.717, 1.165) is 18.7 Å². The predicted molar refractivity (Wildman–Crippen MR) is 68.5 cm³/mol. The number of hydrogen-bond acceptors (Lipinski definition) is 2. The minimum Gasteiger partial charge on any atom is -0.349 e. The molecular weight excluding hydrogens is 231 g/mol. The van der Waals surface area contributed by atoms with Crippen molar-refractivity contribution in [2.45, 2.75) is 19.9 Å². The molecule has 1 amide bonds. The van der Waals surface area contributed by atoms with Gasteiger partial charge in [-0.05, 0) is 43.6 Å². The van der Waals surface area contributed by atoms with Crippen LogP contribution in [0.5, 0.6) is 0 Å². The van der Waals surface area contributed by atoms with E-state index in [-0.39, 0.29) is 23.7 Å². The predicted octanol–water partition coefficient (Wildman–Crippen LogP) is 1.86. The van der Waals surface area contributed by atoms with Crippen molar-refractivity contribution < 1.29 is 9.18 Å². The molecule has 2 N–H and O–H groups in total. The zero-order valence-corrected chi connectivity index (χ0v) is 10.7. The van der Waals surface area contributed by atoms with Crippen LogP contribution in [0.25, 0.3) is 0 Å². The summed E-state index contributed by atoms with van der Waals surface area (Å²) >= 11 is 0. The van der Waals surface area contributed by atoms with E-state index in [1.54, 1.807) is 12.1 Å². The van der Waals surface area contributed by atoms with Crippen LogP contribution >= 0.6 is 0 Å². The van der Waals surface area contributed by atoms with Crippen LogP contribution in [0.2, 0.25) is 0 Å². The summed E-state index contributed by atoms with van der Waals surface area (Å²) in [6.45, 7) is 5.70. The van der Waals surface area contributed by atoms with E-state index < -0.39 is 0 Å². The lowest BCUT2D eigenvalue weighted by molar-refractivity contribution is -0.127. The minimum absolute atomic E-state index is 0.0224. The third kappa shape index (κ3) is 2.88. The summed E-state index contributed by atoms with van der Waals surface area (Å²) in [5.41, 5.74) is 0.920. The van der Waals surface area contributed by atoms with Crippen LogP contribution in [0.1, 0.15) is 25.5 Å². The van der Waals surface area contributed by atoms with Crippen molar-refractivity contribution in [2.75, 3.05) is 13.1 Å². The highest BCUT2D eigenvalue weighted by Crippen LogP contribution is 2.18. The Balaban J connectivity index is 1.91. The van der Waals surface area contributed by atoms with Crippen LogP contribution in [0.3, 0.4) is 0 Å². The molecule has 1 aromatic rings. The first-order valence-electron chi connectivity index (χ1n) is 6.34. The van der Waals surface area contributed by atoms with Gasteiger partial charge < -0.3 is 10.6 Å². The van der Waals surface area contributed by atoms with E-state index in [0.29, 0.717) is 5.92 Å². The lowest BCUT2D eigenvalue weighted by atomic mass is 9.88. The van der Waals surface area contributed by atoms with E-state index >= 15 is 0 Å². The molecule has 3 nitrogen and oxygen atoms in total. The number of carbonyl (C=O) groups is 1. The van der Waals surface area contributed by atoms with Crippen molar-refractivity contribution in [1.29, 1.82) is 0 Å². The van der Waals surface area contributed by atoms with Gasteiger partial charge >= 0.3 is 0 Å². The number of carbonyl (C=O) groups excluding carboxylic acids is 1. The van der Waals surface area contributed by atoms with Gasteiger partial charge in [-0.25, -0.2) is 4.39 Å². The maximum atomic E-state index is 12.8. The normalized spacial score (nSPS) is 18.8. The summed E-state index contributed by atoms with van der Waals surface area (Å²) in [4.78, 5) is 12.0. The first kappa shape index (κ1) is 13.0. The summed E-state index contributed by atoms with van der Waals surface area (Å²) in [6.07, 6.45) is 0. The van der Waals surface area contributed by atoms with Crippen molar-refractivity contribution in [2.24, 2.45) is 11.8 Å². The van der Waals surface area contributed by atoms with Crippen LogP contribution in [-0.4, -0.2) is 19.0 Å². The van der Waals surface area contributed by atoms with Crippen molar-refractivity contribution in [1.82, 2.24) is 10.6 Å². The van der Waals surface area contributed by atoms with E-state index in [1.165, 1.54) is 12.1 Å². The molecule has 1 saturated heterocycles. The van der Waals surface area contributed by atoms with Gasteiger partial charge in [-0.15, -0.1) is 0 Å². The summed E-state index contributed by atoms with van der Waals surface area (Å²) in [5.74, 6) is 0.268. The zero-order valence-electron chi connectivity index (χ0n) is 10.7. The molecule has 1 heterocycles. The van der Waals surface area contributed by atoms with Gasteiger partial charge in [0.2, 0.25) is 5.91 Å². The molecule has 1 fully saturated rings. The van der Waals surface area contributed by atoms with E-state index in [9.17, 15) is 9.18 Å². The highest BCUT2D eigenvalue weighted by Gasteiger charge is 2.29. The van der Waals surface area contributed by atoms with Gasteiger partial charge in [-0.2, -0.15) is 0 Å². The van der Waals surface area contributed by atoms with Gasteiger partial charge in [0.25, 0.3) is 0 Å². The number of benzene rings is 1. The third-order valence-electron chi connectivity index (χ3n) is 3.66. The van der Waals surface area contributed by atoms with Gasteiger partial charge in [-0.1, -0.05) is 19.1 Å². The lowest BCUT2D eigenvalue weighted by Gasteiger charge is -2.32. The van der Waals surface area contributed by atoms with Gasteiger partial charge in [0.05, 0.1) is 6.04 Å². The summed E-state index contributed by atoms with van der Waals surface area (Å²) in [5, 5.41) is 6.14. The Kier molecular flexibility index (Phi) is 3.97. The summed E-state index contributed by atoms with van der Waals surface area (Å²) < 4.78 is 12.8. The van der Waals surface area contributed by atoms with Gasteiger partial charge in [-0.3, -0.25) is 4.79 Å². The average Bonchev–Trinajstić information content (AvgIpc) is 2.27. The van der Waals surface area contributed by atoms with Crippen LogP contribution in [0.15, 0.2) is 24.3 Å². The van der Waals surface area contributed by atoms with Crippen LogP contribution in [-0.2, 0) is 4.79 Å². The maximum Gasteiger partial charge on any atom is 0.223 e. The Morgan fingerprint density at radius 1 is 1.33 bits per heavy atom. The molecule has 98 valence electrons. The molecule has 0 aliphatic carbocycles. The number of amides is 1. The Hall–Kier alpha value is -1.42. The fourth-order valence-electron chi connectivity index (χ4n) is 2.06. The standard InChI is InChI=1S/C14H19FN2O/c1-9(12-7-16-8-12)14(18)17-10(2)11-3-5-13(15)6-4-11/h3-6,9-10,12,16H,7-8H2,1-2H3,(H,17,18). The van der Waals surface area contributed by atoms with Crippen molar-refractivity contribution in [3.63, 3.8) is 0 Å². The van der Waals surface area contributed by atoms with Gasteiger partial charge in [0.1, 0.15) is 5.82 Å². The molecule has 0 spiro atoms. The molecule has 2 unspecified atom stereocenters. The second-order valence-electron chi connectivity index (χ2n) is 4.99. The number of nitrogens with one attached hydrogen (secondary N) is 2. The van der Waals surface area contributed by atoms with Crippen molar-refractivity contribution in [3.05, 3.63) is 35.6 Å². The Morgan fingerprint density at radius 3 is 2.44 bits per heavy atom. The molecular formula is C14H19FN2O. The van der Waals surface area contributed by atoms with E-state index in [4.69, 9.17) is 0 Å². The fraction of sp³-hybridized carbons (Fsp3) is 0.500. The SMILES string of the molecule is CC(NC(=O)C(C)C1CNC1)c1ccc(F)cc1. The molecule has 0 saturated carbocycles. The van der Waals surface area contributed by atoms with E-state index in [2.05, 4.69) is 10.6 Å². The van der Waals surface area contributed by atoms with E-state index in [1.807, 2.05) is 13.8 Å². The van der Waals surface area contributed by atoms with Crippen molar-refractivity contribution >= 4 is 5.91 Å². The molecule has 0 bridgehead atoms. The minimum atomic E-state index is -0.258. The summed E-state index contributed by atoms with van der Waals surface area (Å²) in [6, 6.07) is 6.15. The Labute approximate surface area is 107 Å². The molecule has 18 heavy (non-hydrogen) atoms. The topological polar surface area (TPSA) is 41.1 Å². The van der Waals surface area contributed by atoms with Gasteiger partial charge in [0.15, 0.2) is 0 Å². The molecule has 2 atom stereocenters. The molecule has 1 aromatic carbocycles. The highest BCUT2D eigenvalue weighted by atomic mass is 19.1. The second kappa shape index (κ2) is 5.48. The van der Waals surface area contributed by atoms with Gasteiger partial charge in [0, 0.05) is 5.92 Å². The first-order valence-corrected chi connectivity index (χ1v) is 6.34. The molecule has 4 heteroatoms. The lowest BCUT2D eigenvalue weighted by Crippen LogP contribution is -2.49. The molecule has 1 aliphatic rings. The van der Waals surface area contributed by atoms with Crippen LogP contribution in [0.4, 0.5) is 4.39 Å². The van der Waals surface area contributed by atoms with Crippen LogP contribution in [0, 0.1) is 17.7 Å². The monoisotopic (exact) mass is 250 g/mol. The summed E-state index contributed by atoms with van der Waals surface area (Å²) in [7, 11) is 0. The Morgan fingerprint density at radius 2 is 1.94 bits per heavy atom. The zero-order chi connectivity index (χ0) is 13.1. The molecule has 1 aliphatic heterocycles. The quantitative estimate of drug-likeness (QED) is 0.856. The average molecular weight is 250 g/mol. The Bertz CT molecular complexity index is 414. The first-order chi connectivity index (χ1) is 8.58. The highest BCUT2D eigenvalue weighted by molar-refractivity contribution is 5.79. The molecule has 0 aromatic heterocycles. The number of hydrogen-bond donors (Lipinski definition) is 2. The van der Waals surface area contributed by atoms with Crippen molar-refractivity contribution in [3.8, 4) is 0 Å².